The second-order valence-electron chi connectivity index (χ2n) is 5.11. The quantitative estimate of drug-likeness (QED) is 0.774. The molecule has 0 spiro atoms. The van der Waals surface area contributed by atoms with Gasteiger partial charge in [0.1, 0.15) is 5.82 Å². The van der Waals surface area contributed by atoms with Crippen molar-refractivity contribution in [2.75, 3.05) is 13.1 Å². The van der Waals surface area contributed by atoms with Gasteiger partial charge < -0.3 is 10.6 Å². The molecule has 0 aliphatic rings. The Labute approximate surface area is 129 Å². The highest BCUT2D eigenvalue weighted by Gasteiger charge is 2.10. The van der Waals surface area contributed by atoms with Gasteiger partial charge in [0.15, 0.2) is 0 Å². The fraction of sp³-hybridized carbons (Fsp3) is 0.375. The van der Waals surface area contributed by atoms with E-state index in [9.17, 15) is 9.18 Å². The molecule has 0 aliphatic heterocycles. The van der Waals surface area contributed by atoms with Gasteiger partial charge in [0.05, 0.1) is 12.6 Å². The zero-order chi connectivity index (χ0) is 15.8. The molecule has 2 aromatic rings. The molecule has 1 heterocycles. The fourth-order valence-electron chi connectivity index (χ4n) is 2.06. The monoisotopic (exact) mass is 304 g/mol. The largest absolute Gasteiger partial charge is 0.354 e. The van der Waals surface area contributed by atoms with E-state index in [4.69, 9.17) is 0 Å². The molecule has 118 valence electrons. The Morgan fingerprint density at radius 2 is 2.09 bits per heavy atom. The van der Waals surface area contributed by atoms with Crippen LogP contribution < -0.4 is 10.6 Å². The van der Waals surface area contributed by atoms with Crippen molar-refractivity contribution in [2.24, 2.45) is 0 Å². The predicted molar refractivity (Wildman–Crippen MR) is 82.8 cm³/mol. The standard InChI is InChI=1S/C16H21FN4O/c1-13(18-10-12-21-11-2-8-20-21)16(22)19-9-7-14-3-5-15(17)6-4-14/h2-6,8,11,13,18H,7,9-10,12H2,1H3,(H,19,22)/t13-/m1/s1. The van der Waals surface area contributed by atoms with Crippen molar-refractivity contribution < 1.29 is 9.18 Å². The highest BCUT2D eigenvalue weighted by atomic mass is 19.1. The van der Waals surface area contributed by atoms with E-state index >= 15 is 0 Å². The van der Waals surface area contributed by atoms with Gasteiger partial charge in [0.25, 0.3) is 0 Å². The zero-order valence-electron chi connectivity index (χ0n) is 12.6. The van der Waals surface area contributed by atoms with Crippen LogP contribution in [0.3, 0.4) is 0 Å². The van der Waals surface area contributed by atoms with Crippen molar-refractivity contribution >= 4 is 5.91 Å². The number of amides is 1. The summed E-state index contributed by atoms with van der Waals surface area (Å²) in [6.45, 7) is 3.76. The fourth-order valence-corrected chi connectivity index (χ4v) is 2.06. The molecule has 1 aromatic carbocycles. The van der Waals surface area contributed by atoms with Gasteiger partial charge >= 0.3 is 0 Å². The number of halogens is 1. The number of aromatic nitrogens is 2. The molecule has 5 nitrogen and oxygen atoms in total. The maximum Gasteiger partial charge on any atom is 0.236 e. The Kier molecular flexibility index (Phi) is 6.09. The van der Waals surface area contributed by atoms with Crippen molar-refractivity contribution in [3.05, 3.63) is 54.1 Å². The first-order valence-electron chi connectivity index (χ1n) is 7.38. The smallest absolute Gasteiger partial charge is 0.236 e. The molecule has 2 N–H and O–H groups in total. The molecule has 0 fully saturated rings. The normalized spacial score (nSPS) is 12.1. The molecular weight excluding hydrogens is 283 g/mol. The molecule has 0 bridgehead atoms. The SMILES string of the molecule is C[C@@H](NCCn1cccn1)C(=O)NCCc1ccc(F)cc1. The van der Waals surface area contributed by atoms with Crippen LogP contribution in [0.2, 0.25) is 0 Å². The summed E-state index contributed by atoms with van der Waals surface area (Å²) < 4.78 is 14.6. The maximum absolute atomic E-state index is 12.8. The van der Waals surface area contributed by atoms with E-state index < -0.39 is 0 Å². The van der Waals surface area contributed by atoms with Crippen LogP contribution >= 0.6 is 0 Å². The van der Waals surface area contributed by atoms with Gasteiger partial charge in [0, 0.05) is 25.5 Å². The minimum Gasteiger partial charge on any atom is -0.354 e. The van der Waals surface area contributed by atoms with E-state index in [1.165, 1.54) is 12.1 Å². The van der Waals surface area contributed by atoms with Crippen molar-refractivity contribution in [3.8, 4) is 0 Å². The Balaban J connectivity index is 1.62. The number of carbonyl (C=O) groups is 1. The second kappa shape index (κ2) is 8.29. The van der Waals surface area contributed by atoms with E-state index in [-0.39, 0.29) is 17.8 Å². The first-order valence-corrected chi connectivity index (χ1v) is 7.38. The van der Waals surface area contributed by atoms with Crippen LogP contribution in [0.25, 0.3) is 0 Å². The van der Waals surface area contributed by atoms with Crippen LogP contribution in [-0.4, -0.2) is 34.8 Å². The summed E-state index contributed by atoms with van der Waals surface area (Å²) in [6.07, 6.45) is 4.30. The van der Waals surface area contributed by atoms with E-state index in [0.29, 0.717) is 19.5 Å². The van der Waals surface area contributed by atoms with Gasteiger partial charge in [-0.1, -0.05) is 12.1 Å². The molecule has 0 aliphatic carbocycles. The van der Waals surface area contributed by atoms with Crippen LogP contribution in [0.15, 0.2) is 42.7 Å². The summed E-state index contributed by atoms with van der Waals surface area (Å²) in [4.78, 5) is 11.9. The Hall–Kier alpha value is -2.21. The van der Waals surface area contributed by atoms with Crippen molar-refractivity contribution in [1.82, 2.24) is 20.4 Å². The summed E-state index contributed by atoms with van der Waals surface area (Å²) >= 11 is 0. The molecule has 0 saturated carbocycles. The topological polar surface area (TPSA) is 59.0 Å². The lowest BCUT2D eigenvalue weighted by molar-refractivity contribution is -0.122. The van der Waals surface area contributed by atoms with Crippen LogP contribution in [0.4, 0.5) is 4.39 Å². The molecule has 22 heavy (non-hydrogen) atoms. The van der Waals surface area contributed by atoms with Gasteiger partial charge in [-0.15, -0.1) is 0 Å². The number of carbonyl (C=O) groups excluding carboxylic acids is 1. The lowest BCUT2D eigenvalue weighted by atomic mass is 10.1. The van der Waals surface area contributed by atoms with E-state index in [1.54, 1.807) is 18.3 Å². The average molecular weight is 304 g/mol. The minimum atomic E-state index is -0.260. The van der Waals surface area contributed by atoms with Crippen LogP contribution in [0.1, 0.15) is 12.5 Å². The number of benzene rings is 1. The first kappa shape index (κ1) is 16.2. The van der Waals surface area contributed by atoms with Gasteiger partial charge in [0.2, 0.25) is 5.91 Å². The summed E-state index contributed by atoms with van der Waals surface area (Å²) in [6, 6.07) is 7.92. The van der Waals surface area contributed by atoms with E-state index in [2.05, 4.69) is 15.7 Å². The summed E-state index contributed by atoms with van der Waals surface area (Å²) in [5.41, 5.74) is 1.00. The highest BCUT2D eigenvalue weighted by Crippen LogP contribution is 2.02. The summed E-state index contributed by atoms with van der Waals surface area (Å²) in [5.74, 6) is -0.287. The molecule has 0 radical (unpaired) electrons. The minimum absolute atomic E-state index is 0.0393. The number of nitrogens with zero attached hydrogens (tertiary/aromatic N) is 2. The lowest BCUT2D eigenvalue weighted by Crippen LogP contribution is -2.43. The third-order valence-corrected chi connectivity index (χ3v) is 3.37. The van der Waals surface area contributed by atoms with Crippen LogP contribution in [0, 0.1) is 5.82 Å². The van der Waals surface area contributed by atoms with Crippen molar-refractivity contribution in [2.45, 2.75) is 25.9 Å². The Morgan fingerprint density at radius 1 is 1.32 bits per heavy atom. The highest BCUT2D eigenvalue weighted by molar-refractivity contribution is 5.81. The van der Waals surface area contributed by atoms with Crippen molar-refractivity contribution in [3.63, 3.8) is 0 Å². The zero-order valence-corrected chi connectivity index (χ0v) is 12.6. The predicted octanol–water partition coefficient (Wildman–Crippen LogP) is 1.36. The Morgan fingerprint density at radius 3 is 2.77 bits per heavy atom. The molecule has 0 unspecified atom stereocenters. The van der Waals surface area contributed by atoms with Crippen LogP contribution in [0.5, 0.6) is 0 Å². The number of hydrogen-bond acceptors (Lipinski definition) is 3. The lowest BCUT2D eigenvalue weighted by Gasteiger charge is -2.14. The third-order valence-electron chi connectivity index (χ3n) is 3.37. The number of rotatable bonds is 8. The average Bonchev–Trinajstić information content (AvgIpc) is 3.02. The number of nitrogens with one attached hydrogen (secondary N) is 2. The molecule has 1 aromatic heterocycles. The molecular formula is C16H21FN4O. The second-order valence-corrected chi connectivity index (χ2v) is 5.11. The van der Waals surface area contributed by atoms with Crippen molar-refractivity contribution in [1.29, 1.82) is 0 Å². The van der Waals surface area contributed by atoms with E-state index in [1.807, 2.05) is 23.9 Å². The van der Waals surface area contributed by atoms with Gasteiger partial charge in [-0.2, -0.15) is 5.10 Å². The molecule has 6 heteroatoms. The van der Waals surface area contributed by atoms with Gasteiger partial charge in [-0.05, 0) is 37.1 Å². The van der Waals surface area contributed by atoms with Gasteiger partial charge in [-0.3, -0.25) is 9.48 Å². The number of hydrogen-bond donors (Lipinski definition) is 2. The molecule has 1 atom stereocenters. The molecule has 1 amide bonds. The third kappa shape index (κ3) is 5.29. The first-order chi connectivity index (χ1) is 10.6. The molecule has 2 rings (SSSR count). The summed E-state index contributed by atoms with van der Waals surface area (Å²) in [7, 11) is 0. The van der Waals surface area contributed by atoms with Crippen LogP contribution in [-0.2, 0) is 17.8 Å². The summed E-state index contributed by atoms with van der Waals surface area (Å²) in [5, 5.41) is 10.1. The maximum atomic E-state index is 12.8. The Bertz CT molecular complexity index is 568. The van der Waals surface area contributed by atoms with Gasteiger partial charge in [-0.25, -0.2) is 4.39 Å². The van der Waals surface area contributed by atoms with E-state index in [0.717, 1.165) is 12.1 Å². The molecule has 0 saturated heterocycles.